The van der Waals surface area contributed by atoms with Gasteiger partial charge in [-0.3, -0.25) is 4.79 Å². The third-order valence-corrected chi connectivity index (χ3v) is 4.54. The highest BCUT2D eigenvalue weighted by molar-refractivity contribution is 7.99. The van der Waals surface area contributed by atoms with E-state index in [0.717, 1.165) is 16.9 Å². The Morgan fingerprint density at radius 1 is 1.44 bits per heavy atom. The molecular formula is C16H18N6O2S. The van der Waals surface area contributed by atoms with Crippen LogP contribution in [0.1, 0.15) is 23.0 Å². The van der Waals surface area contributed by atoms with Gasteiger partial charge in [0.05, 0.1) is 10.3 Å². The molecule has 0 aliphatic heterocycles. The highest BCUT2D eigenvalue weighted by atomic mass is 32.2. The number of hydrogen-bond acceptors (Lipinski definition) is 8. The molecule has 4 N–H and O–H groups in total. The molecule has 0 saturated carbocycles. The summed E-state index contributed by atoms with van der Waals surface area (Å²) in [6, 6.07) is 3.65. The van der Waals surface area contributed by atoms with Crippen molar-refractivity contribution in [1.82, 2.24) is 19.9 Å². The Morgan fingerprint density at radius 3 is 2.96 bits per heavy atom. The maximum atomic E-state index is 11.5. The number of aromatic nitrogens is 4. The summed E-state index contributed by atoms with van der Waals surface area (Å²) in [7, 11) is 1.58. The van der Waals surface area contributed by atoms with Crippen molar-refractivity contribution in [2.24, 2.45) is 0 Å². The first kappa shape index (κ1) is 17.2. The summed E-state index contributed by atoms with van der Waals surface area (Å²) in [6.45, 7) is 2.23. The van der Waals surface area contributed by atoms with Gasteiger partial charge in [-0.25, -0.2) is 15.0 Å². The lowest BCUT2D eigenvalue weighted by Gasteiger charge is -2.09. The summed E-state index contributed by atoms with van der Waals surface area (Å²) in [5.74, 6) is 0.951. The van der Waals surface area contributed by atoms with Gasteiger partial charge >= 0.3 is 0 Å². The van der Waals surface area contributed by atoms with E-state index in [1.54, 1.807) is 19.4 Å². The topological polar surface area (TPSA) is 119 Å². The van der Waals surface area contributed by atoms with Gasteiger partial charge in [-0.15, -0.1) is 0 Å². The fourth-order valence-corrected chi connectivity index (χ4v) is 3.23. The van der Waals surface area contributed by atoms with Gasteiger partial charge in [0.2, 0.25) is 0 Å². The van der Waals surface area contributed by atoms with Crippen molar-refractivity contribution < 1.29 is 9.53 Å². The SMILES string of the molecule is CCc1[nH]c2nc(Sc3cccnc3N)nc(NCOC)c2c1C=O. The minimum atomic E-state index is 0.260. The molecule has 0 unspecified atom stereocenters. The first-order valence-corrected chi connectivity index (χ1v) is 8.48. The van der Waals surface area contributed by atoms with E-state index in [9.17, 15) is 4.79 Å². The van der Waals surface area contributed by atoms with Crippen LogP contribution in [-0.2, 0) is 11.2 Å². The molecule has 0 spiro atoms. The van der Waals surface area contributed by atoms with Crippen LogP contribution >= 0.6 is 11.8 Å². The number of carbonyl (C=O) groups is 1. The normalized spacial score (nSPS) is 11.0. The number of nitrogen functional groups attached to an aromatic ring is 1. The quantitative estimate of drug-likeness (QED) is 0.335. The van der Waals surface area contributed by atoms with Crippen LogP contribution in [0, 0.1) is 0 Å². The highest BCUT2D eigenvalue weighted by Gasteiger charge is 2.18. The number of aldehydes is 1. The number of nitrogens with two attached hydrogens (primary N) is 1. The number of methoxy groups -OCH3 is 1. The fraction of sp³-hybridized carbons (Fsp3) is 0.250. The van der Waals surface area contributed by atoms with E-state index in [4.69, 9.17) is 10.5 Å². The number of nitrogens with one attached hydrogen (secondary N) is 2. The molecule has 0 aromatic carbocycles. The van der Waals surface area contributed by atoms with Crippen LogP contribution in [0.15, 0.2) is 28.4 Å². The van der Waals surface area contributed by atoms with E-state index in [-0.39, 0.29) is 6.73 Å². The molecule has 0 atom stereocenters. The number of H-pyrrole nitrogens is 1. The van der Waals surface area contributed by atoms with Gasteiger partial charge in [0.1, 0.15) is 24.0 Å². The van der Waals surface area contributed by atoms with E-state index >= 15 is 0 Å². The number of carbonyl (C=O) groups excluding carboxylic acids is 1. The summed E-state index contributed by atoms with van der Waals surface area (Å²) in [6.07, 6.45) is 3.14. The first-order valence-electron chi connectivity index (χ1n) is 7.66. The van der Waals surface area contributed by atoms with Crippen LogP contribution in [0.2, 0.25) is 0 Å². The molecule has 8 nitrogen and oxygen atoms in total. The molecule has 9 heteroatoms. The van der Waals surface area contributed by atoms with Gasteiger partial charge in [-0.05, 0) is 30.3 Å². The smallest absolute Gasteiger partial charge is 0.196 e. The van der Waals surface area contributed by atoms with E-state index in [0.29, 0.717) is 39.8 Å². The first-order chi connectivity index (χ1) is 12.2. The van der Waals surface area contributed by atoms with Gasteiger partial charge < -0.3 is 20.8 Å². The lowest BCUT2D eigenvalue weighted by atomic mass is 10.1. The van der Waals surface area contributed by atoms with Gasteiger partial charge in [0, 0.05) is 24.6 Å². The second kappa shape index (κ2) is 7.49. The maximum Gasteiger partial charge on any atom is 0.196 e. The van der Waals surface area contributed by atoms with Crippen molar-refractivity contribution in [3.05, 3.63) is 29.6 Å². The van der Waals surface area contributed by atoms with Gasteiger partial charge in [0.15, 0.2) is 11.4 Å². The van der Waals surface area contributed by atoms with Crippen molar-refractivity contribution in [2.45, 2.75) is 23.4 Å². The van der Waals surface area contributed by atoms with Crippen molar-refractivity contribution >= 4 is 40.7 Å². The minimum Gasteiger partial charge on any atom is -0.383 e. The predicted octanol–water partition coefficient (Wildman–Crippen LogP) is 2.48. The molecule has 0 aliphatic carbocycles. The molecule has 0 saturated heterocycles. The van der Waals surface area contributed by atoms with Crippen LogP contribution in [0.3, 0.4) is 0 Å². The number of anilines is 2. The Kier molecular flexibility index (Phi) is 5.15. The number of aryl methyl sites for hydroxylation is 1. The zero-order valence-electron chi connectivity index (χ0n) is 13.9. The third-order valence-electron chi connectivity index (χ3n) is 3.61. The minimum absolute atomic E-state index is 0.260. The second-order valence-electron chi connectivity index (χ2n) is 5.17. The van der Waals surface area contributed by atoms with Crippen molar-refractivity contribution in [2.75, 3.05) is 24.9 Å². The average molecular weight is 358 g/mol. The summed E-state index contributed by atoms with van der Waals surface area (Å²) in [5, 5.41) is 4.23. The molecule has 25 heavy (non-hydrogen) atoms. The van der Waals surface area contributed by atoms with Crippen LogP contribution in [-0.4, -0.2) is 40.1 Å². The van der Waals surface area contributed by atoms with E-state index in [2.05, 4.69) is 25.3 Å². The molecule has 3 aromatic heterocycles. The van der Waals surface area contributed by atoms with E-state index < -0.39 is 0 Å². The van der Waals surface area contributed by atoms with E-state index in [1.165, 1.54) is 11.8 Å². The number of fused-ring (bicyclic) bond motifs is 1. The number of hydrogen-bond donors (Lipinski definition) is 3. The summed E-state index contributed by atoms with van der Waals surface area (Å²) < 4.78 is 5.07. The van der Waals surface area contributed by atoms with Crippen LogP contribution in [0.5, 0.6) is 0 Å². The molecule has 3 aromatic rings. The Morgan fingerprint density at radius 2 is 2.28 bits per heavy atom. The zero-order valence-corrected chi connectivity index (χ0v) is 14.7. The Labute approximate surface area is 148 Å². The summed E-state index contributed by atoms with van der Waals surface area (Å²) in [5.41, 5.74) is 7.87. The fourth-order valence-electron chi connectivity index (χ4n) is 2.46. The van der Waals surface area contributed by atoms with Crippen molar-refractivity contribution in [3.63, 3.8) is 0 Å². The van der Waals surface area contributed by atoms with Gasteiger partial charge in [-0.1, -0.05) is 6.92 Å². The molecule has 3 rings (SSSR count). The third kappa shape index (κ3) is 3.42. The van der Waals surface area contributed by atoms with Crippen LogP contribution in [0.4, 0.5) is 11.6 Å². The van der Waals surface area contributed by atoms with Gasteiger partial charge in [0.25, 0.3) is 0 Å². The predicted molar refractivity (Wildman–Crippen MR) is 96.9 cm³/mol. The van der Waals surface area contributed by atoms with Gasteiger partial charge in [-0.2, -0.15) is 0 Å². The molecule has 0 amide bonds. The monoisotopic (exact) mass is 358 g/mol. The number of nitrogens with zero attached hydrogens (tertiary/aromatic N) is 3. The van der Waals surface area contributed by atoms with Crippen LogP contribution < -0.4 is 11.1 Å². The highest BCUT2D eigenvalue weighted by Crippen LogP contribution is 2.33. The summed E-state index contributed by atoms with van der Waals surface area (Å²) in [4.78, 5) is 28.6. The molecule has 130 valence electrons. The van der Waals surface area contributed by atoms with Crippen molar-refractivity contribution in [3.8, 4) is 0 Å². The molecule has 0 fully saturated rings. The largest absolute Gasteiger partial charge is 0.383 e. The molecular weight excluding hydrogens is 340 g/mol. The average Bonchev–Trinajstić information content (AvgIpc) is 2.99. The maximum absolute atomic E-state index is 11.5. The second-order valence-corrected chi connectivity index (χ2v) is 6.17. The molecule has 0 bridgehead atoms. The number of rotatable bonds is 7. The molecule has 0 radical (unpaired) electrons. The standard InChI is InChI=1S/C16H18N6O2S/c1-3-10-9(7-23)12-14(19-8-24-2)21-16(22-15(12)20-10)25-11-5-4-6-18-13(11)17/h4-7H,3,8H2,1-2H3,(H2,17,18)(H2,19,20,21,22). The lowest BCUT2D eigenvalue weighted by molar-refractivity contribution is 0.112. The lowest BCUT2D eigenvalue weighted by Crippen LogP contribution is -2.07. The zero-order chi connectivity index (χ0) is 17.8. The number of ether oxygens (including phenoxy) is 1. The number of pyridine rings is 1. The Hall–Kier alpha value is -2.65. The summed E-state index contributed by atoms with van der Waals surface area (Å²) >= 11 is 1.31. The van der Waals surface area contributed by atoms with Crippen molar-refractivity contribution in [1.29, 1.82) is 0 Å². The Balaban J connectivity index is 2.11. The Bertz CT molecular complexity index is 911. The molecule has 0 aliphatic rings. The molecule has 3 heterocycles. The van der Waals surface area contributed by atoms with E-state index in [1.807, 2.05) is 13.0 Å². The van der Waals surface area contributed by atoms with Crippen LogP contribution in [0.25, 0.3) is 11.0 Å². The number of aromatic amines is 1.